The molecule has 2 atom stereocenters. The van der Waals surface area contributed by atoms with E-state index in [0.29, 0.717) is 6.04 Å². The van der Waals surface area contributed by atoms with E-state index in [1.807, 2.05) is 12.1 Å². The molecule has 2 heterocycles. The molecular formula is C8H12ClNO2. The maximum atomic E-state index is 5.40. The molecule has 68 valence electrons. The van der Waals surface area contributed by atoms with Crippen molar-refractivity contribution in [3.8, 4) is 0 Å². The molecular weight excluding hydrogens is 178 g/mol. The van der Waals surface area contributed by atoms with Crippen molar-refractivity contribution < 1.29 is 9.15 Å². The summed E-state index contributed by atoms with van der Waals surface area (Å²) >= 11 is 0. The first-order chi connectivity index (χ1) is 5.36. The highest BCUT2D eigenvalue weighted by atomic mass is 35.5. The number of hydrogen-bond acceptors (Lipinski definition) is 3. The van der Waals surface area contributed by atoms with Crippen molar-refractivity contribution in [2.45, 2.75) is 19.2 Å². The largest absolute Gasteiger partial charge is 0.465 e. The molecule has 0 spiro atoms. The van der Waals surface area contributed by atoms with Crippen LogP contribution in [0.2, 0.25) is 0 Å². The molecule has 1 aromatic rings. The number of rotatable bonds is 1. The van der Waals surface area contributed by atoms with Crippen molar-refractivity contribution >= 4 is 12.4 Å². The summed E-state index contributed by atoms with van der Waals surface area (Å²) in [5.41, 5.74) is 0. The topological polar surface area (TPSA) is 34.4 Å². The van der Waals surface area contributed by atoms with E-state index < -0.39 is 0 Å². The van der Waals surface area contributed by atoms with Crippen LogP contribution in [0.15, 0.2) is 22.8 Å². The lowest BCUT2D eigenvalue weighted by atomic mass is 10.3. The van der Waals surface area contributed by atoms with Crippen LogP contribution in [0.5, 0.6) is 0 Å². The number of halogens is 1. The molecule has 12 heavy (non-hydrogen) atoms. The van der Waals surface area contributed by atoms with Crippen LogP contribution < -0.4 is 5.32 Å². The van der Waals surface area contributed by atoms with Gasteiger partial charge in [0.25, 0.3) is 0 Å². The van der Waals surface area contributed by atoms with Gasteiger partial charge in [0.1, 0.15) is 5.76 Å². The van der Waals surface area contributed by atoms with Gasteiger partial charge < -0.3 is 9.15 Å². The molecule has 2 rings (SSSR count). The minimum Gasteiger partial charge on any atom is -0.465 e. The lowest BCUT2D eigenvalue weighted by Gasteiger charge is -2.05. The number of furan rings is 1. The molecule has 0 aliphatic carbocycles. The summed E-state index contributed by atoms with van der Waals surface area (Å²) in [4.78, 5) is 0. The summed E-state index contributed by atoms with van der Waals surface area (Å²) in [5, 5.41) is 3.24. The Balaban J connectivity index is 0.000000720. The predicted octanol–water partition coefficient (Wildman–Crippen LogP) is 1.71. The van der Waals surface area contributed by atoms with E-state index >= 15 is 0 Å². The molecule has 2 unspecified atom stereocenters. The minimum atomic E-state index is -0.0417. The zero-order valence-electron chi connectivity index (χ0n) is 6.82. The molecule has 0 aromatic carbocycles. The minimum absolute atomic E-state index is 0. The second-order valence-electron chi connectivity index (χ2n) is 2.80. The van der Waals surface area contributed by atoms with Crippen molar-refractivity contribution in [3.05, 3.63) is 24.2 Å². The van der Waals surface area contributed by atoms with E-state index in [0.717, 1.165) is 12.4 Å². The van der Waals surface area contributed by atoms with Crippen LogP contribution in [0.3, 0.4) is 0 Å². The average molecular weight is 190 g/mol. The summed E-state index contributed by atoms with van der Waals surface area (Å²) in [5.74, 6) is 0.856. The van der Waals surface area contributed by atoms with E-state index in [2.05, 4.69) is 12.2 Å². The van der Waals surface area contributed by atoms with E-state index in [4.69, 9.17) is 9.15 Å². The Labute approximate surface area is 77.5 Å². The van der Waals surface area contributed by atoms with Crippen molar-refractivity contribution in [1.29, 1.82) is 0 Å². The third-order valence-electron chi connectivity index (χ3n) is 1.75. The molecule has 1 saturated heterocycles. The number of hydrogen-bond donors (Lipinski definition) is 1. The van der Waals surface area contributed by atoms with Crippen LogP contribution >= 0.6 is 12.4 Å². The van der Waals surface area contributed by atoms with Crippen LogP contribution in [-0.4, -0.2) is 12.6 Å². The molecule has 1 aliphatic rings. The van der Waals surface area contributed by atoms with Crippen molar-refractivity contribution in [2.24, 2.45) is 0 Å². The molecule has 1 fully saturated rings. The maximum absolute atomic E-state index is 5.40. The van der Waals surface area contributed by atoms with Gasteiger partial charge in [0, 0.05) is 6.04 Å². The zero-order valence-corrected chi connectivity index (χ0v) is 7.64. The van der Waals surface area contributed by atoms with Crippen molar-refractivity contribution in [3.63, 3.8) is 0 Å². The van der Waals surface area contributed by atoms with Crippen LogP contribution in [0.25, 0.3) is 0 Å². The molecule has 0 amide bonds. The molecule has 0 saturated carbocycles. The Morgan fingerprint density at radius 2 is 2.42 bits per heavy atom. The fourth-order valence-corrected chi connectivity index (χ4v) is 1.20. The van der Waals surface area contributed by atoms with E-state index in [9.17, 15) is 0 Å². The van der Waals surface area contributed by atoms with Gasteiger partial charge in [-0.05, 0) is 19.1 Å². The van der Waals surface area contributed by atoms with Crippen molar-refractivity contribution in [1.82, 2.24) is 5.32 Å². The Kier molecular flexibility index (Phi) is 3.14. The van der Waals surface area contributed by atoms with Gasteiger partial charge in [0.15, 0.2) is 6.23 Å². The van der Waals surface area contributed by atoms with Crippen LogP contribution in [0, 0.1) is 0 Å². The average Bonchev–Trinajstić information content (AvgIpc) is 2.55. The lowest BCUT2D eigenvalue weighted by molar-refractivity contribution is 0.0826. The molecule has 0 radical (unpaired) electrons. The van der Waals surface area contributed by atoms with E-state index in [1.54, 1.807) is 6.26 Å². The monoisotopic (exact) mass is 189 g/mol. The first-order valence-electron chi connectivity index (χ1n) is 3.77. The fraction of sp³-hybridized carbons (Fsp3) is 0.500. The summed E-state index contributed by atoms with van der Waals surface area (Å²) in [6.45, 7) is 2.84. The Morgan fingerprint density at radius 3 is 2.92 bits per heavy atom. The standard InChI is InChI=1S/C8H11NO2.ClH/c1-6-5-11-8(9-6)7-3-2-4-10-7;/h2-4,6,8-9H,5H2,1H3;1H. The van der Waals surface area contributed by atoms with Gasteiger partial charge in [0.05, 0.1) is 12.9 Å². The highest BCUT2D eigenvalue weighted by Crippen LogP contribution is 2.19. The third kappa shape index (κ3) is 1.80. The maximum Gasteiger partial charge on any atom is 0.167 e. The number of ether oxygens (including phenoxy) is 1. The molecule has 1 N–H and O–H groups in total. The highest BCUT2D eigenvalue weighted by molar-refractivity contribution is 5.85. The Bertz CT molecular complexity index is 225. The van der Waals surface area contributed by atoms with Gasteiger partial charge in [-0.15, -0.1) is 12.4 Å². The van der Waals surface area contributed by atoms with Gasteiger partial charge in [-0.1, -0.05) is 0 Å². The van der Waals surface area contributed by atoms with Crippen LogP contribution in [0.1, 0.15) is 18.9 Å². The quantitative estimate of drug-likeness (QED) is 0.731. The van der Waals surface area contributed by atoms with Gasteiger partial charge in [-0.2, -0.15) is 0 Å². The highest BCUT2D eigenvalue weighted by Gasteiger charge is 2.23. The van der Waals surface area contributed by atoms with Gasteiger partial charge in [0.2, 0.25) is 0 Å². The van der Waals surface area contributed by atoms with Gasteiger partial charge in [-0.3, -0.25) is 5.32 Å². The second-order valence-corrected chi connectivity index (χ2v) is 2.80. The van der Waals surface area contributed by atoms with E-state index in [1.165, 1.54) is 0 Å². The van der Waals surface area contributed by atoms with Crippen LogP contribution in [-0.2, 0) is 4.74 Å². The summed E-state index contributed by atoms with van der Waals surface area (Å²) in [6, 6.07) is 4.20. The predicted molar refractivity (Wildman–Crippen MR) is 47.2 cm³/mol. The molecule has 0 bridgehead atoms. The summed E-state index contributed by atoms with van der Waals surface area (Å²) < 4.78 is 10.6. The second kappa shape index (κ2) is 3.94. The molecule has 1 aromatic heterocycles. The SMILES string of the molecule is CC1COC(c2ccco2)N1.Cl. The summed E-state index contributed by atoms with van der Waals surface area (Å²) in [7, 11) is 0. The zero-order chi connectivity index (χ0) is 7.68. The smallest absolute Gasteiger partial charge is 0.167 e. The normalized spacial score (nSPS) is 28.4. The molecule has 3 nitrogen and oxygen atoms in total. The van der Waals surface area contributed by atoms with Crippen molar-refractivity contribution in [2.75, 3.05) is 6.61 Å². The van der Waals surface area contributed by atoms with Gasteiger partial charge in [-0.25, -0.2) is 0 Å². The first-order valence-corrected chi connectivity index (χ1v) is 3.77. The molecule has 1 aliphatic heterocycles. The Hall–Kier alpha value is -0.510. The van der Waals surface area contributed by atoms with Gasteiger partial charge >= 0.3 is 0 Å². The molecule has 4 heteroatoms. The van der Waals surface area contributed by atoms with E-state index in [-0.39, 0.29) is 18.6 Å². The Morgan fingerprint density at radius 1 is 1.58 bits per heavy atom. The fourth-order valence-electron chi connectivity index (χ4n) is 1.20. The third-order valence-corrected chi connectivity index (χ3v) is 1.75. The summed E-state index contributed by atoms with van der Waals surface area (Å²) in [6.07, 6.45) is 1.61. The lowest BCUT2D eigenvalue weighted by Crippen LogP contribution is -2.21. The number of nitrogens with one attached hydrogen (secondary N) is 1. The first kappa shape index (κ1) is 9.58. The van der Waals surface area contributed by atoms with Crippen LogP contribution in [0.4, 0.5) is 0 Å².